The third-order valence-corrected chi connectivity index (χ3v) is 2.35. The van der Waals surface area contributed by atoms with E-state index in [1.165, 1.54) is 6.92 Å². The zero-order chi connectivity index (χ0) is 12.8. The fraction of sp³-hybridized carbons (Fsp3) is 0.385. The maximum Gasteiger partial charge on any atom is 0.344 e. The highest BCUT2D eigenvalue weighted by Crippen LogP contribution is 2.15. The molecule has 0 saturated carbocycles. The molecule has 0 unspecified atom stereocenters. The number of rotatable bonds is 6. The van der Waals surface area contributed by atoms with Gasteiger partial charge in [0, 0.05) is 6.42 Å². The minimum Gasteiger partial charge on any atom is -0.479 e. The Balaban J connectivity index is 2.55. The highest BCUT2D eigenvalue weighted by Gasteiger charge is 2.11. The van der Waals surface area contributed by atoms with Crippen molar-refractivity contribution in [2.75, 3.05) is 0 Å². The lowest BCUT2D eigenvalue weighted by molar-refractivity contribution is -0.144. The van der Waals surface area contributed by atoms with Crippen LogP contribution in [0.4, 0.5) is 0 Å². The average Bonchev–Trinajstić information content (AvgIpc) is 2.28. The monoisotopic (exact) mass is 236 g/mol. The summed E-state index contributed by atoms with van der Waals surface area (Å²) in [6, 6.07) is 7.11. The molecule has 0 amide bonds. The van der Waals surface area contributed by atoms with Crippen LogP contribution in [0, 0.1) is 0 Å². The fourth-order valence-corrected chi connectivity index (χ4v) is 1.31. The van der Waals surface area contributed by atoms with Gasteiger partial charge in [-0.15, -0.1) is 0 Å². The van der Waals surface area contributed by atoms with E-state index in [4.69, 9.17) is 9.84 Å². The number of hydrogen-bond donors (Lipinski definition) is 1. The van der Waals surface area contributed by atoms with Crippen LogP contribution in [0.1, 0.15) is 25.8 Å². The van der Waals surface area contributed by atoms with Gasteiger partial charge in [-0.2, -0.15) is 0 Å². The zero-order valence-corrected chi connectivity index (χ0v) is 9.97. The minimum absolute atomic E-state index is 0.157. The van der Waals surface area contributed by atoms with Crippen molar-refractivity contribution in [3.63, 3.8) is 0 Å². The number of aryl methyl sites for hydroxylation is 1. The first kappa shape index (κ1) is 13.2. The number of ether oxygens (including phenoxy) is 1. The summed E-state index contributed by atoms with van der Waals surface area (Å²) in [7, 11) is 0. The summed E-state index contributed by atoms with van der Waals surface area (Å²) in [5.74, 6) is -0.318. The Morgan fingerprint density at radius 1 is 1.29 bits per heavy atom. The molecule has 0 aliphatic rings. The van der Waals surface area contributed by atoms with Crippen LogP contribution >= 0.6 is 0 Å². The maximum atomic E-state index is 10.8. The van der Waals surface area contributed by atoms with Crippen LogP contribution in [-0.4, -0.2) is 23.0 Å². The smallest absolute Gasteiger partial charge is 0.344 e. The van der Waals surface area contributed by atoms with Gasteiger partial charge < -0.3 is 14.6 Å². The van der Waals surface area contributed by atoms with Gasteiger partial charge in [-0.25, -0.2) is 4.79 Å². The molecule has 17 heavy (non-hydrogen) atoms. The molecular formula is C13H16O4. The molecule has 1 rings (SSSR count). The van der Waals surface area contributed by atoms with Crippen molar-refractivity contribution in [3.8, 4) is 5.75 Å². The minimum atomic E-state index is -0.995. The lowest BCUT2D eigenvalue weighted by Crippen LogP contribution is -2.22. The Morgan fingerprint density at radius 2 is 1.88 bits per heavy atom. The molecule has 1 aromatic rings. The highest BCUT2D eigenvalue weighted by atomic mass is 16.5. The number of benzene rings is 1. The maximum absolute atomic E-state index is 10.8. The van der Waals surface area contributed by atoms with Gasteiger partial charge >= 0.3 is 5.97 Å². The summed E-state index contributed by atoms with van der Waals surface area (Å²) in [5, 5.41) is 8.68. The third kappa shape index (κ3) is 4.68. The fourth-order valence-electron chi connectivity index (χ4n) is 1.31. The van der Waals surface area contributed by atoms with Gasteiger partial charge in [-0.3, -0.25) is 0 Å². The van der Waals surface area contributed by atoms with Gasteiger partial charge in [0.15, 0.2) is 6.10 Å². The molecule has 0 aliphatic heterocycles. The second-order valence-electron chi connectivity index (χ2n) is 3.94. The first-order valence-corrected chi connectivity index (χ1v) is 5.47. The standard InChI is InChI=1S/C13H16O4/c1-9(14)3-4-11-5-7-12(8-6-11)17-10(2)13(15)16/h5-8,10H,3-4H2,1-2H3,(H,15,16)/t10-/m1/s1. The van der Waals surface area contributed by atoms with Crippen molar-refractivity contribution in [1.29, 1.82) is 0 Å². The summed E-state index contributed by atoms with van der Waals surface area (Å²) in [6.45, 7) is 3.04. The van der Waals surface area contributed by atoms with Crippen LogP contribution in [0.25, 0.3) is 0 Å². The van der Waals surface area contributed by atoms with E-state index in [9.17, 15) is 9.59 Å². The SMILES string of the molecule is CC(=O)CCc1ccc(O[C@H](C)C(=O)O)cc1. The molecule has 0 fully saturated rings. The molecule has 0 heterocycles. The Morgan fingerprint density at radius 3 is 2.35 bits per heavy atom. The number of hydrogen-bond acceptors (Lipinski definition) is 3. The van der Waals surface area contributed by atoms with Gasteiger partial charge in [0.1, 0.15) is 11.5 Å². The van der Waals surface area contributed by atoms with E-state index in [-0.39, 0.29) is 5.78 Å². The van der Waals surface area contributed by atoms with Gasteiger partial charge in [0.2, 0.25) is 0 Å². The normalized spacial score (nSPS) is 11.9. The lowest BCUT2D eigenvalue weighted by atomic mass is 10.1. The predicted molar refractivity (Wildman–Crippen MR) is 63.2 cm³/mol. The van der Waals surface area contributed by atoms with Gasteiger partial charge in [0.05, 0.1) is 0 Å². The molecule has 92 valence electrons. The van der Waals surface area contributed by atoms with Crippen LogP contribution < -0.4 is 4.74 Å². The first-order chi connectivity index (χ1) is 7.99. The van der Waals surface area contributed by atoms with Crippen molar-refractivity contribution in [1.82, 2.24) is 0 Å². The summed E-state index contributed by atoms with van der Waals surface area (Å²) in [4.78, 5) is 21.4. The molecule has 4 heteroatoms. The van der Waals surface area contributed by atoms with E-state index in [1.807, 2.05) is 12.1 Å². The van der Waals surface area contributed by atoms with Crippen molar-refractivity contribution >= 4 is 11.8 Å². The first-order valence-electron chi connectivity index (χ1n) is 5.47. The lowest BCUT2D eigenvalue weighted by Gasteiger charge is -2.10. The molecule has 0 aliphatic carbocycles. The summed E-state index contributed by atoms with van der Waals surface area (Å²) in [6.07, 6.45) is 0.355. The van der Waals surface area contributed by atoms with Crippen molar-refractivity contribution in [2.45, 2.75) is 32.8 Å². The molecule has 1 N–H and O–H groups in total. The Bertz CT molecular complexity index is 394. The molecule has 0 bridgehead atoms. The number of carbonyl (C=O) groups excluding carboxylic acids is 1. The Kier molecular flexibility index (Phi) is 4.69. The van der Waals surface area contributed by atoms with Crippen LogP contribution in [0.2, 0.25) is 0 Å². The van der Waals surface area contributed by atoms with E-state index < -0.39 is 12.1 Å². The van der Waals surface area contributed by atoms with E-state index in [2.05, 4.69) is 0 Å². The van der Waals surface area contributed by atoms with Crippen LogP contribution in [0.15, 0.2) is 24.3 Å². The number of carbonyl (C=O) groups is 2. The van der Waals surface area contributed by atoms with Crippen molar-refractivity contribution in [2.24, 2.45) is 0 Å². The van der Waals surface area contributed by atoms with E-state index >= 15 is 0 Å². The summed E-state index contributed by atoms with van der Waals surface area (Å²) >= 11 is 0. The zero-order valence-electron chi connectivity index (χ0n) is 9.97. The topological polar surface area (TPSA) is 63.6 Å². The number of ketones is 1. The van der Waals surface area contributed by atoms with Crippen LogP contribution in [0.5, 0.6) is 5.75 Å². The van der Waals surface area contributed by atoms with Gasteiger partial charge in [-0.1, -0.05) is 12.1 Å². The Hall–Kier alpha value is -1.84. The van der Waals surface area contributed by atoms with E-state index in [0.29, 0.717) is 18.6 Å². The number of aliphatic carboxylic acids is 1. The quantitative estimate of drug-likeness (QED) is 0.821. The summed E-state index contributed by atoms with van der Waals surface area (Å²) < 4.78 is 5.19. The van der Waals surface area contributed by atoms with Gasteiger partial charge in [0.25, 0.3) is 0 Å². The number of Topliss-reactive ketones (excluding diaryl/α,β-unsaturated/α-hetero) is 1. The third-order valence-electron chi connectivity index (χ3n) is 2.35. The number of carboxylic acid groups (broad SMARTS) is 1. The molecule has 0 saturated heterocycles. The molecule has 1 atom stereocenters. The highest BCUT2D eigenvalue weighted by molar-refractivity contribution is 5.75. The molecular weight excluding hydrogens is 220 g/mol. The molecule has 1 aromatic carbocycles. The largest absolute Gasteiger partial charge is 0.479 e. The second kappa shape index (κ2) is 6.03. The van der Waals surface area contributed by atoms with Crippen LogP contribution in [0.3, 0.4) is 0 Å². The molecule has 4 nitrogen and oxygen atoms in total. The molecule has 0 aromatic heterocycles. The second-order valence-corrected chi connectivity index (χ2v) is 3.94. The van der Waals surface area contributed by atoms with Gasteiger partial charge in [-0.05, 0) is 38.0 Å². The number of carboxylic acids is 1. The van der Waals surface area contributed by atoms with E-state index in [1.54, 1.807) is 19.1 Å². The predicted octanol–water partition coefficient (Wildman–Crippen LogP) is 2.06. The van der Waals surface area contributed by atoms with Crippen molar-refractivity contribution in [3.05, 3.63) is 29.8 Å². The average molecular weight is 236 g/mol. The van der Waals surface area contributed by atoms with Crippen molar-refractivity contribution < 1.29 is 19.4 Å². The van der Waals surface area contributed by atoms with Crippen LogP contribution in [-0.2, 0) is 16.0 Å². The molecule has 0 spiro atoms. The van der Waals surface area contributed by atoms with E-state index in [0.717, 1.165) is 5.56 Å². The summed E-state index contributed by atoms with van der Waals surface area (Å²) in [5.41, 5.74) is 1.04. The Labute approximate surface area is 100 Å². The molecule has 0 radical (unpaired) electrons.